The summed E-state index contributed by atoms with van der Waals surface area (Å²) in [7, 11) is 1.87. The number of hydrogen-bond acceptors (Lipinski definition) is 5. The van der Waals surface area contributed by atoms with Crippen LogP contribution in [0.5, 0.6) is 0 Å². The summed E-state index contributed by atoms with van der Waals surface area (Å²) in [5.41, 5.74) is 1.68. The number of anilines is 2. The Morgan fingerprint density at radius 1 is 1.21 bits per heavy atom. The van der Waals surface area contributed by atoms with Gasteiger partial charge in [-0.05, 0) is 43.6 Å². The van der Waals surface area contributed by atoms with Crippen LogP contribution in [0, 0.1) is 0 Å². The summed E-state index contributed by atoms with van der Waals surface area (Å²) in [6.07, 6.45) is 5.64. The van der Waals surface area contributed by atoms with Crippen LogP contribution in [0.4, 0.5) is 11.6 Å². The zero-order valence-corrected chi connectivity index (χ0v) is 16.0. The zero-order valence-electron chi connectivity index (χ0n) is 14.4. The first-order valence-electron chi connectivity index (χ1n) is 7.74. The van der Waals surface area contributed by atoms with Crippen molar-refractivity contribution < 1.29 is 0 Å². The molecule has 0 aliphatic carbocycles. The smallest absolute Gasteiger partial charge is 0.229 e. The van der Waals surface area contributed by atoms with E-state index in [9.17, 15) is 0 Å². The number of aryl methyl sites for hydroxylation is 1. The lowest BCUT2D eigenvalue weighted by Gasteiger charge is -2.18. The SMILES string of the molecule is CCn1c(Nc2cnn(C)c2)nnc1-c1cn(C(C)(C)C)nc1Br. The normalized spacial score (nSPS) is 11.9. The molecule has 9 heteroatoms. The highest BCUT2D eigenvalue weighted by atomic mass is 79.9. The molecule has 0 aliphatic heterocycles. The second-order valence-corrected chi connectivity index (χ2v) is 7.32. The molecule has 3 aromatic heterocycles. The maximum absolute atomic E-state index is 4.55. The summed E-state index contributed by atoms with van der Waals surface area (Å²) in [5.74, 6) is 1.45. The lowest BCUT2D eigenvalue weighted by atomic mass is 10.1. The van der Waals surface area contributed by atoms with Gasteiger partial charge in [0.1, 0.15) is 4.60 Å². The highest BCUT2D eigenvalue weighted by molar-refractivity contribution is 9.10. The largest absolute Gasteiger partial charge is 0.322 e. The molecule has 8 nitrogen and oxygen atoms in total. The molecule has 0 saturated carbocycles. The average molecular weight is 393 g/mol. The standard InChI is InChI=1S/C15H21BrN8/c1-6-23-13(11-9-24(15(2,3)4)21-12(11)16)19-20-14(23)18-10-7-17-22(5)8-10/h7-9H,6H2,1-5H3,(H,18,20). The Morgan fingerprint density at radius 3 is 2.50 bits per heavy atom. The molecule has 0 bridgehead atoms. The molecule has 0 atom stereocenters. The van der Waals surface area contributed by atoms with Gasteiger partial charge in [-0.15, -0.1) is 10.2 Å². The topological polar surface area (TPSA) is 78.4 Å². The van der Waals surface area contributed by atoms with Gasteiger partial charge in [0.25, 0.3) is 0 Å². The van der Waals surface area contributed by atoms with Gasteiger partial charge < -0.3 is 5.32 Å². The van der Waals surface area contributed by atoms with E-state index in [0.717, 1.165) is 28.2 Å². The molecule has 0 saturated heterocycles. The minimum atomic E-state index is -0.103. The van der Waals surface area contributed by atoms with Crippen molar-refractivity contribution in [1.82, 2.24) is 34.3 Å². The van der Waals surface area contributed by atoms with Crippen LogP contribution in [0.3, 0.4) is 0 Å². The lowest BCUT2D eigenvalue weighted by molar-refractivity contribution is 0.354. The lowest BCUT2D eigenvalue weighted by Crippen LogP contribution is -2.22. The highest BCUT2D eigenvalue weighted by Crippen LogP contribution is 2.30. The van der Waals surface area contributed by atoms with Crippen LogP contribution in [0.1, 0.15) is 27.7 Å². The first-order valence-corrected chi connectivity index (χ1v) is 8.53. The van der Waals surface area contributed by atoms with E-state index in [2.05, 4.69) is 69.3 Å². The molecule has 3 aromatic rings. The van der Waals surface area contributed by atoms with Crippen LogP contribution in [0.25, 0.3) is 11.4 Å². The van der Waals surface area contributed by atoms with E-state index in [-0.39, 0.29) is 5.54 Å². The zero-order chi connectivity index (χ0) is 17.5. The molecule has 0 fully saturated rings. The summed E-state index contributed by atoms with van der Waals surface area (Å²) in [6, 6.07) is 0. The Labute approximate surface area is 149 Å². The number of aromatic nitrogens is 7. The third-order valence-electron chi connectivity index (χ3n) is 3.63. The molecule has 128 valence electrons. The van der Waals surface area contributed by atoms with Crippen LogP contribution in [-0.2, 0) is 19.1 Å². The Balaban J connectivity index is 1.99. The van der Waals surface area contributed by atoms with Crippen LogP contribution >= 0.6 is 15.9 Å². The Kier molecular flexibility index (Phi) is 4.20. The molecule has 0 aromatic carbocycles. The van der Waals surface area contributed by atoms with Gasteiger partial charge in [-0.3, -0.25) is 13.9 Å². The summed E-state index contributed by atoms with van der Waals surface area (Å²) in [5, 5.41) is 20.6. The summed E-state index contributed by atoms with van der Waals surface area (Å²) < 4.78 is 6.43. The molecule has 3 heterocycles. The third-order valence-corrected chi connectivity index (χ3v) is 4.21. The Morgan fingerprint density at radius 2 is 1.96 bits per heavy atom. The molecule has 0 radical (unpaired) electrons. The van der Waals surface area contributed by atoms with Gasteiger partial charge in [0.15, 0.2) is 5.82 Å². The first kappa shape index (κ1) is 16.7. The average Bonchev–Trinajstić information content (AvgIpc) is 3.17. The van der Waals surface area contributed by atoms with Gasteiger partial charge in [-0.1, -0.05) is 0 Å². The Hall–Kier alpha value is -2.16. The molecule has 3 rings (SSSR count). The van der Waals surface area contributed by atoms with E-state index in [4.69, 9.17) is 0 Å². The van der Waals surface area contributed by atoms with Crippen molar-refractivity contribution >= 4 is 27.6 Å². The van der Waals surface area contributed by atoms with Gasteiger partial charge >= 0.3 is 0 Å². The van der Waals surface area contributed by atoms with E-state index in [1.807, 2.05) is 28.7 Å². The fraction of sp³-hybridized carbons (Fsp3) is 0.467. The second kappa shape index (κ2) is 6.04. The van der Waals surface area contributed by atoms with Crippen molar-refractivity contribution in [3.63, 3.8) is 0 Å². The van der Waals surface area contributed by atoms with Crippen molar-refractivity contribution in [1.29, 1.82) is 0 Å². The number of hydrogen-bond donors (Lipinski definition) is 1. The molecular formula is C15H21BrN8. The molecule has 24 heavy (non-hydrogen) atoms. The fourth-order valence-corrected chi connectivity index (χ4v) is 2.81. The predicted molar refractivity (Wildman–Crippen MR) is 96.1 cm³/mol. The van der Waals surface area contributed by atoms with Crippen molar-refractivity contribution in [3.05, 3.63) is 23.2 Å². The van der Waals surface area contributed by atoms with Gasteiger partial charge in [-0.25, -0.2) is 0 Å². The number of nitrogens with one attached hydrogen (secondary N) is 1. The van der Waals surface area contributed by atoms with Crippen LogP contribution in [-0.4, -0.2) is 34.3 Å². The molecule has 0 unspecified atom stereocenters. The van der Waals surface area contributed by atoms with Crippen LogP contribution in [0.15, 0.2) is 23.2 Å². The predicted octanol–water partition coefficient (Wildman–Crippen LogP) is 3.16. The van der Waals surface area contributed by atoms with E-state index >= 15 is 0 Å². The van der Waals surface area contributed by atoms with E-state index in [1.165, 1.54) is 0 Å². The minimum absolute atomic E-state index is 0.103. The van der Waals surface area contributed by atoms with Gasteiger partial charge in [0.2, 0.25) is 5.95 Å². The van der Waals surface area contributed by atoms with E-state index < -0.39 is 0 Å². The van der Waals surface area contributed by atoms with Crippen molar-refractivity contribution in [2.45, 2.75) is 39.8 Å². The van der Waals surface area contributed by atoms with E-state index in [0.29, 0.717) is 5.95 Å². The number of halogens is 1. The summed E-state index contributed by atoms with van der Waals surface area (Å²) >= 11 is 3.54. The van der Waals surface area contributed by atoms with Crippen LogP contribution < -0.4 is 5.32 Å². The number of nitrogens with zero attached hydrogens (tertiary/aromatic N) is 7. The third kappa shape index (κ3) is 3.08. The highest BCUT2D eigenvalue weighted by Gasteiger charge is 2.22. The van der Waals surface area contributed by atoms with Gasteiger partial charge in [0.05, 0.1) is 23.0 Å². The fourth-order valence-electron chi connectivity index (χ4n) is 2.36. The molecule has 0 spiro atoms. The maximum Gasteiger partial charge on any atom is 0.229 e. The number of rotatable bonds is 4. The Bertz CT molecular complexity index is 851. The quantitative estimate of drug-likeness (QED) is 0.737. The van der Waals surface area contributed by atoms with Gasteiger partial charge in [-0.2, -0.15) is 10.2 Å². The summed E-state index contributed by atoms with van der Waals surface area (Å²) in [4.78, 5) is 0. The first-order chi connectivity index (χ1) is 11.3. The van der Waals surface area contributed by atoms with Crippen molar-refractivity contribution in [2.75, 3.05) is 5.32 Å². The molecular weight excluding hydrogens is 372 g/mol. The van der Waals surface area contributed by atoms with Gasteiger partial charge in [0, 0.05) is 26.0 Å². The second-order valence-electron chi connectivity index (χ2n) is 6.57. The monoisotopic (exact) mass is 392 g/mol. The van der Waals surface area contributed by atoms with Crippen LogP contribution in [0.2, 0.25) is 0 Å². The molecule has 0 aliphatic rings. The maximum atomic E-state index is 4.55. The minimum Gasteiger partial charge on any atom is -0.322 e. The van der Waals surface area contributed by atoms with Crippen molar-refractivity contribution in [2.24, 2.45) is 7.05 Å². The van der Waals surface area contributed by atoms with E-state index in [1.54, 1.807) is 10.9 Å². The van der Waals surface area contributed by atoms with Crippen molar-refractivity contribution in [3.8, 4) is 11.4 Å². The molecule has 0 amide bonds. The summed E-state index contributed by atoms with van der Waals surface area (Å²) in [6.45, 7) is 9.11. The molecule has 1 N–H and O–H groups in total.